The van der Waals surface area contributed by atoms with E-state index >= 15 is 0 Å². The molecule has 0 heterocycles. The highest BCUT2D eigenvalue weighted by Gasteiger charge is 2.31. The van der Waals surface area contributed by atoms with Crippen molar-refractivity contribution in [3.63, 3.8) is 0 Å². The molecule has 118 valence electrons. The summed E-state index contributed by atoms with van der Waals surface area (Å²) in [6.07, 6.45) is 2.29. The van der Waals surface area contributed by atoms with Gasteiger partial charge in [-0.3, -0.25) is 0 Å². The van der Waals surface area contributed by atoms with Crippen LogP contribution in [0.4, 0.5) is 4.79 Å². The summed E-state index contributed by atoms with van der Waals surface area (Å²) in [7, 11) is 0. The Labute approximate surface area is 136 Å². The molecule has 2 atom stereocenters. The van der Waals surface area contributed by atoms with Gasteiger partial charge in [0.1, 0.15) is 5.60 Å². The smallest absolute Gasteiger partial charge is 0.407 e. The molecule has 1 aliphatic rings. The van der Waals surface area contributed by atoms with Crippen molar-refractivity contribution in [2.75, 3.05) is 17.6 Å². The fraction of sp³-hybridized carbons (Fsp3) is 0.933. The Kier molecular flexibility index (Phi) is 6.57. The van der Waals surface area contributed by atoms with E-state index in [2.05, 4.69) is 34.8 Å². The van der Waals surface area contributed by atoms with Crippen LogP contribution >= 0.6 is 22.6 Å². The molecule has 1 N–H and O–H groups in total. The number of hydrogen-bond donors (Lipinski definition) is 1. The number of alkyl carbamates (subject to hydrolysis) is 1. The minimum Gasteiger partial charge on any atom is -0.444 e. The van der Waals surface area contributed by atoms with Gasteiger partial charge in [0.25, 0.3) is 0 Å². The summed E-state index contributed by atoms with van der Waals surface area (Å²) in [5.41, 5.74) is -0.799. The van der Waals surface area contributed by atoms with Gasteiger partial charge in [0.2, 0.25) is 0 Å². The lowest BCUT2D eigenvalue weighted by Crippen LogP contribution is -2.46. The third kappa shape index (κ3) is 7.11. The summed E-state index contributed by atoms with van der Waals surface area (Å²) in [6.45, 7) is 11.1. The van der Waals surface area contributed by atoms with Crippen LogP contribution in [0.15, 0.2) is 0 Å². The molecule has 1 aliphatic carbocycles. The molecule has 0 saturated heterocycles. The van der Waals surface area contributed by atoms with E-state index in [1.54, 1.807) is 0 Å². The summed E-state index contributed by atoms with van der Waals surface area (Å²) in [6, 6.07) is 0. The second kappa shape index (κ2) is 7.29. The van der Waals surface area contributed by atoms with Crippen LogP contribution in [-0.4, -0.2) is 34.9 Å². The Morgan fingerprint density at radius 2 is 1.95 bits per heavy atom. The number of alkyl halides is 1. The number of ether oxygens (including phenoxy) is 2. The predicted molar refractivity (Wildman–Crippen MR) is 89.4 cm³/mol. The molecule has 1 saturated carbocycles. The zero-order valence-corrected chi connectivity index (χ0v) is 15.5. The molecule has 1 amide bonds. The molecular formula is C15H28INO3. The highest BCUT2D eigenvalue weighted by atomic mass is 127. The van der Waals surface area contributed by atoms with Crippen LogP contribution in [0.25, 0.3) is 0 Å². The van der Waals surface area contributed by atoms with E-state index in [1.807, 2.05) is 27.7 Å². The molecule has 0 bridgehead atoms. The number of carbonyl (C=O) groups excluding carboxylic acids is 1. The van der Waals surface area contributed by atoms with E-state index in [9.17, 15) is 4.79 Å². The molecule has 5 heteroatoms. The van der Waals surface area contributed by atoms with Crippen LogP contribution in [0.2, 0.25) is 0 Å². The molecule has 0 aromatic rings. The van der Waals surface area contributed by atoms with Crippen LogP contribution < -0.4 is 5.32 Å². The summed E-state index contributed by atoms with van der Waals surface area (Å²) in [4.78, 5) is 11.7. The molecule has 4 nitrogen and oxygen atoms in total. The van der Waals surface area contributed by atoms with Crippen LogP contribution in [0, 0.1) is 11.8 Å². The standard InChI is InChI=1S/C15H28INO3/c1-11(12-6-7-12)8-19-15(5,9-16)10-17-13(18)20-14(2,3)4/h11-12H,6-10H2,1-5H3,(H,17,18). The normalized spacial score (nSPS) is 20.1. The maximum absolute atomic E-state index is 11.7. The lowest BCUT2D eigenvalue weighted by atomic mass is 10.1. The van der Waals surface area contributed by atoms with Crippen molar-refractivity contribution in [1.29, 1.82) is 0 Å². The summed E-state index contributed by atoms with van der Waals surface area (Å²) in [5, 5.41) is 2.81. The van der Waals surface area contributed by atoms with Crippen molar-refractivity contribution >= 4 is 28.7 Å². The minimum absolute atomic E-state index is 0.333. The van der Waals surface area contributed by atoms with Crippen molar-refractivity contribution in [1.82, 2.24) is 5.32 Å². The largest absolute Gasteiger partial charge is 0.444 e. The minimum atomic E-state index is -0.466. The van der Waals surface area contributed by atoms with Crippen LogP contribution in [0.3, 0.4) is 0 Å². The average Bonchev–Trinajstić information content (AvgIpc) is 3.15. The maximum Gasteiger partial charge on any atom is 0.407 e. The van der Waals surface area contributed by atoms with Gasteiger partial charge in [-0.05, 0) is 52.4 Å². The van der Waals surface area contributed by atoms with Crippen LogP contribution in [0.5, 0.6) is 0 Å². The number of amides is 1. The zero-order valence-electron chi connectivity index (χ0n) is 13.3. The first-order valence-electron chi connectivity index (χ1n) is 7.32. The van der Waals surface area contributed by atoms with Gasteiger partial charge < -0.3 is 14.8 Å². The molecular weight excluding hydrogens is 369 g/mol. The van der Waals surface area contributed by atoms with Gasteiger partial charge in [0.15, 0.2) is 0 Å². The lowest BCUT2D eigenvalue weighted by Gasteiger charge is -2.30. The van der Waals surface area contributed by atoms with E-state index in [0.29, 0.717) is 12.5 Å². The van der Waals surface area contributed by atoms with Gasteiger partial charge in [-0.1, -0.05) is 29.5 Å². The summed E-state index contributed by atoms with van der Waals surface area (Å²) in [5.74, 6) is 1.45. The number of rotatable bonds is 7. The number of nitrogens with one attached hydrogen (secondary N) is 1. The Morgan fingerprint density at radius 1 is 1.35 bits per heavy atom. The van der Waals surface area contributed by atoms with Crippen molar-refractivity contribution in [3.05, 3.63) is 0 Å². The van der Waals surface area contributed by atoms with E-state index < -0.39 is 5.60 Å². The Hall–Kier alpha value is -0.0400. The van der Waals surface area contributed by atoms with Crippen molar-refractivity contribution in [2.24, 2.45) is 11.8 Å². The first kappa shape index (κ1) is 18.0. The molecule has 1 fully saturated rings. The van der Waals surface area contributed by atoms with E-state index in [4.69, 9.17) is 9.47 Å². The van der Waals surface area contributed by atoms with Gasteiger partial charge >= 0.3 is 6.09 Å². The monoisotopic (exact) mass is 397 g/mol. The first-order valence-corrected chi connectivity index (χ1v) is 8.84. The molecule has 1 rings (SSSR count). The SMILES string of the molecule is CC(COC(C)(CI)CNC(=O)OC(C)(C)C)C1CC1. The fourth-order valence-electron chi connectivity index (χ4n) is 1.84. The summed E-state index contributed by atoms with van der Waals surface area (Å²) < 4.78 is 12.1. The number of halogens is 1. The van der Waals surface area contributed by atoms with Crippen molar-refractivity contribution < 1.29 is 14.3 Å². The number of hydrogen-bond acceptors (Lipinski definition) is 3. The van der Waals surface area contributed by atoms with E-state index in [0.717, 1.165) is 17.0 Å². The second-order valence-electron chi connectivity index (χ2n) is 7.06. The highest BCUT2D eigenvalue weighted by molar-refractivity contribution is 14.1. The predicted octanol–water partition coefficient (Wildman–Crippen LogP) is 3.77. The van der Waals surface area contributed by atoms with Crippen molar-refractivity contribution in [2.45, 2.75) is 58.7 Å². The third-order valence-corrected chi connectivity index (χ3v) is 5.02. The molecule has 0 aliphatic heterocycles. The molecule has 20 heavy (non-hydrogen) atoms. The molecule has 0 aromatic heterocycles. The molecule has 0 aromatic carbocycles. The Morgan fingerprint density at radius 3 is 2.40 bits per heavy atom. The third-order valence-electron chi connectivity index (χ3n) is 3.41. The topological polar surface area (TPSA) is 47.6 Å². The zero-order chi connectivity index (χ0) is 15.4. The Balaban J connectivity index is 2.33. The number of carbonyl (C=O) groups is 1. The van der Waals surface area contributed by atoms with E-state index in [-0.39, 0.29) is 11.7 Å². The fourth-order valence-corrected chi connectivity index (χ4v) is 2.33. The van der Waals surface area contributed by atoms with Crippen LogP contribution in [-0.2, 0) is 9.47 Å². The lowest BCUT2D eigenvalue weighted by molar-refractivity contribution is -0.0310. The first-order chi connectivity index (χ1) is 9.15. The molecule has 2 unspecified atom stereocenters. The summed E-state index contributed by atoms with van der Waals surface area (Å²) >= 11 is 2.30. The highest BCUT2D eigenvalue weighted by Crippen LogP contribution is 2.37. The Bertz CT molecular complexity index is 326. The van der Waals surface area contributed by atoms with Crippen LogP contribution in [0.1, 0.15) is 47.5 Å². The van der Waals surface area contributed by atoms with E-state index in [1.165, 1.54) is 12.8 Å². The average molecular weight is 397 g/mol. The maximum atomic E-state index is 11.7. The molecule has 0 radical (unpaired) electrons. The van der Waals surface area contributed by atoms with Gasteiger partial charge in [0.05, 0.1) is 18.8 Å². The second-order valence-corrected chi connectivity index (χ2v) is 7.83. The van der Waals surface area contributed by atoms with Gasteiger partial charge in [-0.2, -0.15) is 0 Å². The van der Waals surface area contributed by atoms with Gasteiger partial charge in [-0.25, -0.2) is 4.79 Å². The quantitative estimate of drug-likeness (QED) is 0.526. The van der Waals surface area contributed by atoms with Crippen molar-refractivity contribution in [3.8, 4) is 0 Å². The van der Waals surface area contributed by atoms with Gasteiger partial charge in [0, 0.05) is 4.43 Å². The van der Waals surface area contributed by atoms with Gasteiger partial charge in [-0.15, -0.1) is 0 Å². The molecule has 0 spiro atoms.